The molecule has 0 fully saturated rings. The maximum absolute atomic E-state index is 13.0. The smallest absolute Gasteiger partial charge is 0.417 e. The highest BCUT2D eigenvalue weighted by atomic mass is 19.4. The zero-order valence-corrected chi connectivity index (χ0v) is 13.0. The number of fused-ring (bicyclic) bond motifs is 1. The molecule has 0 bridgehead atoms. The van der Waals surface area contributed by atoms with Crippen molar-refractivity contribution in [2.75, 3.05) is 7.11 Å². The summed E-state index contributed by atoms with van der Waals surface area (Å²) in [5.74, 6) is -0.555. The molecular weight excluding hydrogens is 337 g/mol. The van der Waals surface area contributed by atoms with Gasteiger partial charge < -0.3 is 14.2 Å². The molecule has 3 aromatic rings. The predicted octanol–water partition coefficient (Wildman–Crippen LogP) is 3.66. The van der Waals surface area contributed by atoms with Gasteiger partial charge in [-0.25, -0.2) is 4.98 Å². The van der Waals surface area contributed by atoms with Crippen LogP contribution in [0.1, 0.15) is 11.3 Å². The maximum atomic E-state index is 13.0. The Morgan fingerprint density at radius 3 is 2.44 bits per heavy atom. The van der Waals surface area contributed by atoms with Crippen LogP contribution in [0, 0.1) is 0 Å². The first-order valence-corrected chi connectivity index (χ1v) is 7.24. The molecule has 0 radical (unpaired) electrons. The molecule has 0 aliphatic heterocycles. The first-order valence-electron chi connectivity index (χ1n) is 7.24. The number of hydrogen-bond donors (Lipinski definition) is 1. The summed E-state index contributed by atoms with van der Waals surface area (Å²) in [6.45, 7) is 0. The molecule has 1 aromatic carbocycles. The number of carbonyl (C=O) groups is 1. The van der Waals surface area contributed by atoms with Crippen molar-refractivity contribution in [2.24, 2.45) is 0 Å². The number of halogens is 3. The average molecular weight is 350 g/mol. The molecule has 130 valence electrons. The number of aromatic nitrogens is 2. The minimum atomic E-state index is -4.53. The number of ether oxygens (including phenoxy) is 1. The molecule has 25 heavy (non-hydrogen) atoms. The zero-order chi connectivity index (χ0) is 18.2. The minimum absolute atomic E-state index is 0.179. The van der Waals surface area contributed by atoms with Crippen molar-refractivity contribution in [2.45, 2.75) is 12.6 Å². The fourth-order valence-corrected chi connectivity index (χ4v) is 2.55. The van der Waals surface area contributed by atoms with E-state index in [4.69, 9.17) is 9.84 Å². The highest BCUT2D eigenvalue weighted by molar-refractivity contribution is 5.76. The van der Waals surface area contributed by atoms with Crippen LogP contribution in [0.2, 0.25) is 0 Å². The van der Waals surface area contributed by atoms with Crippen LogP contribution in [0.3, 0.4) is 0 Å². The SMILES string of the molecule is COc1ccc(-c2nc3ccc(C(F)(F)F)cn3c2CC(=O)O)cc1. The van der Waals surface area contributed by atoms with Crippen LogP contribution < -0.4 is 4.74 Å². The summed E-state index contributed by atoms with van der Waals surface area (Å²) in [7, 11) is 1.51. The largest absolute Gasteiger partial charge is 0.497 e. The van der Waals surface area contributed by atoms with Gasteiger partial charge >= 0.3 is 12.1 Å². The number of imidazole rings is 1. The third kappa shape index (κ3) is 3.28. The Bertz CT molecular complexity index is 931. The van der Waals surface area contributed by atoms with Crippen molar-refractivity contribution in [1.82, 2.24) is 9.38 Å². The fourth-order valence-electron chi connectivity index (χ4n) is 2.55. The van der Waals surface area contributed by atoms with Crippen LogP contribution in [0.5, 0.6) is 5.75 Å². The molecule has 8 heteroatoms. The molecule has 0 spiro atoms. The molecule has 2 heterocycles. The number of alkyl halides is 3. The lowest BCUT2D eigenvalue weighted by molar-refractivity contribution is -0.138. The van der Waals surface area contributed by atoms with Crippen molar-refractivity contribution < 1.29 is 27.8 Å². The van der Waals surface area contributed by atoms with Gasteiger partial charge in [0.1, 0.15) is 11.4 Å². The lowest BCUT2D eigenvalue weighted by atomic mass is 10.1. The van der Waals surface area contributed by atoms with Crippen LogP contribution in [-0.4, -0.2) is 27.6 Å². The van der Waals surface area contributed by atoms with E-state index >= 15 is 0 Å². The van der Waals surface area contributed by atoms with E-state index in [1.165, 1.54) is 17.6 Å². The first kappa shape index (κ1) is 16.8. The number of pyridine rings is 1. The second-order valence-corrected chi connectivity index (χ2v) is 5.35. The lowest BCUT2D eigenvalue weighted by Crippen LogP contribution is -2.09. The van der Waals surface area contributed by atoms with Crippen molar-refractivity contribution in [3.63, 3.8) is 0 Å². The Labute approximate surface area is 140 Å². The van der Waals surface area contributed by atoms with Crippen molar-refractivity contribution in [3.05, 3.63) is 53.9 Å². The third-order valence-electron chi connectivity index (χ3n) is 3.73. The van der Waals surface area contributed by atoms with Crippen molar-refractivity contribution in [1.29, 1.82) is 0 Å². The summed E-state index contributed by atoms with van der Waals surface area (Å²) in [5, 5.41) is 9.14. The second kappa shape index (κ2) is 6.12. The number of rotatable bonds is 4. The van der Waals surface area contributed by atoms with E-state index < -0.39 is 24.1 Å². The molecule has 0 saturated carbocycles. The number of benzene rings is 1. The van der Waals surface area contributed by atoms with E-state index in [0.717, 1.165) is 12.3 Å². The molecule has 0 aliphatic rings. The summed E-state index contributed by atoms with van der Waals surface area (Å²) >= 11 is 0. The van der Waals surface area contributed by atoms with E-state index in [2.05, 4.69) is 4.98 Å². The Morgan fingerprint density at radius 1 is 1.20 bits per heavy atom. The number of methoxy groups -OCH3 is 1. The Balaban J connectivity index is 2.21. The molecule has 2 aromatic heterocycles. The maximum Gasteiger partial charge on any atom is 0.417 e. The minimum Gasteiger partial charge on any atom is -0.497 e. The van der Waals surface area contributed by atoms with E-state index in [9.17, 15) is 18.0 Å². The number of carboxylic acid groups (broad SMARTS) is 1. The molecule has 0 aliphatic carbocycles. The fraction of sp³-hybridized carbons (Fsp3) is 0.176. The van der Waals surface area contributed by atoms with E-state index in [1.54, 1.807) is 24.3 Å². The van der Waals surface area contributed by atoms with Crippen LogP contribution >= 0.6 is 0 Å². The summed E-state index contributed by atoms with van der Waals surface area (Å²) in [6.07, 6.45) is -4.11. The van der Waals surface area contributed by atoms with Gasteiger partial charge in [-0.2, -0.15) is 13.2 Å². The first-order chi connectivity index (χ1) is 11.8. The Kier molecular flexibility index (Phi) is 4.12. The number of aliphatic carboxylic acids is 1. The molecule has 0 saturated heterocycles. The Hall–Kier alpha value is -3.03. The van der Waals surface area contributed by atoms with Gasteiger partial charge in [-0.1, -0.05) is 0 Å². The van der Waals surface area contributed by atoms with Gasteiger partial charge in [0.15, 0.2) is 0 Å². The van der Waals surface area contributed by atoms with Crippen molar-refractivity contribution >= 4 is 11.6 Å². The van der Waals surface area contributed by atoms with Crippen LogP contribution in [0.15, 0.2) is 42.6 Å². The highest BCUT2D eigenvalue weighted by Crippen LogP contribution is 2.32. The van der Waals surface area contributed by atoms with Gasteiger partial charge in [-0.3, -0.25) is 4.79 Å². The van der Waals surface area contributed by atoms with Crippen LogP contribution in [0.4, 0.5) is 13.2 Å². The molecular formula is C17H13F3N2O3. The monoisotopic (exact) mass is 350 g/mol. The summed E-state index contributed by atoms with van der Waals surface area (Å²) < 4.78 is 45.1. The predicted molar refractivity (Wildman–Crippen MR) is 83.5 cm³/mol. The van der Waals surface area contributed by atoms with E-state index in [1.807, 2.05) is 0 Å². The molecule has 5 nitrogen and oxygen atoms in total. The zero-order valence-electron chi connectivity index (χ0n) is 13.0. The van der Waals surface area contributed by atoms with Crippen LogP contribution in [-0.2, 0) is 17.4 Å². The third-order valence-corrected chi connectivity index (χ3v) is 3.73. The molecule has 3 rings (SSSR count). The number of carboxylic acids is 1. The second-order valence-electron chi connectivity index (χ2n) is 5.35. The number of hydrogen-bond acceptors (Lipinski definition) is 3. The Morgan fingerprint density at radius 2 is 1.88 bits per heavy atom. The summed E-state index contributed by atoms with van der Waals surface area (Å²) in [5.41, 5.74) is 0.470. The lowest BCUT2D eigenvalue weighted by Gasteiger charge is -2.08. The highest BCUT2D eigenvalue weighted by Gasteiger charge is 2.31. The molecule has 0 amide bonds. The van der Waals surface area contributed by atoms with Gasteiger partial charge in [0, 0.05) is 11.8 Å². The molecule has 0 atom stereocenters. The standard InChI is InChI=1S/C17H13F3N2O3/c1-25-12-5-2-10(3-6-12)16-13(8-15(23)24)22-9-11(17(18,19)20)4-7-14(22)21-16/h2-7,9H,8H2,1H3,(H,23,24). The van der Waals surface area contributed by atoms with E-state index in [0.29, 0.717) is 17.0 Å². The van der Waals surface area contributed by atoms with Crippen LogP contribution in [0.25, 0.3) is 16.9 Å². The van der Waals surface area contributed by atoms with Crippen molar-refractivity contribution in [3.8, 4) is 17.0 Å². The molecule has 0 unspecified atom stereocenters. The summed E-state index contributed by atoms with van der Waals surface area (Å²) in [6, 6.07) is 8.84. The normalized spacial score (nSPS) is 11.7. The molecule has 1 N–H and O–H groups in total. The van der Waals surface area contributed by atoms with Gasteiger partial charge in [0.05, 0.1) is 30.5 Å². The average Bonchev–Trinajstić information content (AvgIpc) is 2.91. The van der Waals surface area contributed by atoms with Gasteiger partial charge in [-0.05, 0) is 36.4 Å². The quantitative estimate of drug-likeness (QED) is 0.780. The number of nitrogens with zero attached hydrogens (tertiary/aromatic N) is 2. The van der Waals surface area contributed by atoms with Gasteiger partial charge in [0.2, 0.25) is 0 Å². The van der Waals surface area contributed by atoms with E-state index in [-0.39, 0.29) is 11.3 Å². The van der Waals surface area contributed by atoms with Gasteiger partial charge in [0.25, 0.3) is 0 Å². The topological polar surface area (TPSA) is 63.8 Å². The summed E-state index contributed by atoms with van der Waals surface area (Å²) in [4.78, 5) is 15.5. The van der Waals surface area contributed by atoms with Gasteiger partial charge in [-0.15, -0.1) is 0 Å².